The number of rotatable bonds is 3. The van der Waals surface area contributed by atoms with E-state index in [1.54, 1.807) is 16.9 Å². The van der Waals surface area contributed by atoms with Gasteiger partial charge in [0.05, 0.1) is 11.4 Å². The zero-order valence-electron chi connectivity index (χ0n) is 7.95. The molecule has 0 spiro atoms. The summed E-state index contributed by atoms with van der Waals surface area (Å²) in [6, 6.07) is 11.0. The fourth-order valence-corrected chi connectivity index (χ4v) is 1.39. The second-order valence-corrected chi connectivity index (χ2v) is 3.08. The number of aliphatic hydroxyl groups is 1. The molecule has 4 heteroatoms. The van der Waals surface area contributed by atoms with Crippen molar-refractivity contribution in [3.05, 3.63) is 48.3 Å². The van der Waals surface area contributed by atoms with E-state index in [1.165, 1.54) is 0 Å². The largest absolute Gasteiger partial charge is 0.379 e. The number of aromatic nitrogens is 2. The Hall–Kier alpha value is -1.94. The molecule has 2 rings (SSSR count). The fourth-order valence-electron chi connectivity index (χ4n) is 1.39. The van der Waals surface area contributed by atoms with Crippen LogP contribution in [0.15, 0.2) is 42.6 Å². The van der Waals surface area contributed by atoms with E-state index in [-0.39, 0.29) is 0 Å². The molecule has 0 fully saturated rings. The van der Waals surface area contributed by atoms with Gasteiger partial charge in [0, 0.05) is 6.20 Å². The topological polar surface area (TPSA) is 55.1 Å². The molecular weight excluding hydrogens is 192 g/mol. The predicted molar refractivity (Wildman–Crippen MR) is 54.6 cm³/mol. The van der Waals surface area contributed by atoms with Crippen molar-refractivity contribution in [1.29, 1.82) is 0 Å². The van der Waals surface area contributed by atoms with Crippen LogP contribution in [0.4, 0.5) is 0 Å². The maximum atomic E-state index is 10.5. The lowest BCUT2D eigenvalue weighted by molar-refractivity contribution is -0.115. The van der Waals surface area contributed by atoms with Crippen LogP contribution in [0.2, 0.25) is 0 Å². The van der Waals surface area contributed by atoms with E-state index in [4.69, 9.17) is 0 Å². The minimum absolute atomic E-state index is 0.469. The Morgan fingerprint density at radius 3 is 2.67 bits per heavy atom. The maximum absolute atomic E-state index is 10.5. The number of carbonyl (C=O) groups is 1. The second kappa shape index (κ2) is 4.06. The summed E-state index contributed by atoms with van der Waals surface area (Å²) >= 11 is 0. The van der Waals surface area contributed by atoms with E-state index >= 15 is 0 Å². The molecule has 1 aromatic heterocycles. The highest BCUT2D eigenvalue weighted by Gasteiger charge is 2.12. The van der Waals surface area contributed by atoms with Gasteiger partial charge >= 0.3 is 0 Å². The number of carbonyl (C=O) groups excluding carboxylic acids is 1. The monoisotopic (exact) mass is 202 g/mol. The van der Waals surface area contributed by atoms with Gasteiger partial charge < -0.3 is 9.90 Å². The lowest BCUT2D eigenvalue weighted by Gasteiger charge is -2.08. The van der Waals surface area contributed by atoms with Crippen molar-refractivity contribution < 1.29 is 9.90 Å². The first kappa shape index (κ1) is 9.61. The van der Waals surface area contributed by atoms with E-state index in [0.717, 1.165) is 5.69 Å². The molecule has 1 aromatic carbocycles. The molecule has 0 bridgehead atoms. The molecule has 0 aliphatic rings. The fraction of sp³-hybridized carbons (Fsp3) is 0.0909. The van der Waals surface area contributed by atoms with Crippen molar-refractivity contribution >= 4 is 6.29 Å². The zero-order chi connectivity index (χ0) is 10.7. The first-order chi connectivity index (χ1) is 7.33. The third kappa shape index (κ3) is 1.80. The summed E-state index contributed by atoms with van der Waals surface area (Å²) in [5.74, 6) is 0. The minimum Gasteiger partial charge on any atom is -0.379 e. The first-order valence-corrected chi connectivity index (χ1v) is 4.55. The van der Waals surface area contributed by atoms with Gasteiger partial charge in [-0.25, -0.2) is 4.68 Å². The average molecular weight is 202 g/mol. The number of aliphatic hydroxyl groups excluding tert-OH is 1. The Morgan fingerprint density at radius 1 is 1.27 bits per heavy atom. The van der Waals surface area contributed by atoms with Gasteiger partial charge in [0.25, 0.3) is 0 Å². The lowest BCUT2D eigenvalue weighted by atomic mass is 10.2. The van der Waals surface area contributed by atoms with E-state index in [0.29, 0.717) is 12.0 Å². The third-order valence-electron chi connectivity index (χ3n) is 2.10. The summed E-state index contributed by atoms with van der Waals surface area (Å²) in [6.07, 6.45) is 0.901. The number of hydrogen-bond donors (Lipinski definition) is 1. The van der Waals surface area contributed by atoms with Gasteiger partial charge in [-0.05, 0) is 18.2 Å². The second-order valence-electron chi connectivity index (χ2n) is 3.08. The molecule has 0 aliphatic carbocycles. The molecule has 15 heavy (non-hydrogen) atoms. The molecule has 1 N–H and O–H groups in total. The Labute approximate surface area is 86.8 Å². The van der Waals surface area contributed by atoms with Gasteiger partial charge in [0.2, 0.25) is 0 Å². The molecule has 0 saturated heterocycles. The third-order valence-corrected chi connectivity index (χ3v) is 2.10. The van der Waals surface area contributed by atoms with Crippen molar-refractivity contribution in [3.63, 3.8) is 0 Å². The van der Waals surface area contributed by atoms with Crippen LogP contribution in [-0.2, 0) is 4.79 Å². The van der Waals surface area contributed by atoms with Crippen LogP contribution in [-0.4, -0.2) is 21.2 Å². The van der Waals surface area contributed by atoms with Gasteiger partial charge in [-0.1, -0.05) is 18.2 Å². The highest BCUT2D eigenvalue weighted by atomic mass is 16.3. The van der Waals surface area contributed by atoms with Gasteiger partial charge in [0.15, 0.2) is 12.4 Å². The summed E-state index contributed by atoms with van der Waals surface area (Å²) in [5.41, 5.74) is 1.29. The average Bonchev–Trinajstić information content (AvgIpc) is 2.78. The predicted octanol–water partition coefficient (Wildman–Crippen LogP) is 1.10. The van der Waals surface area contributed by atoms with Crippen LogP contribution in [0.25, 0.3) is 5.69 Å². The highest BCUT2D eigenvalue weighted by Crippen LogP contribution is 2.15. The quantitative estimate of drug-likeness (QED) is 0.758. The molecule has 1 atom stereocenters. The van der Waals surface area contributed by atoms with Crippen LogP contribution < -0.4 is 0 Å². The number of benzene rings is 1. The number of para-hydroxylation sites is 1. The van der Waals surface area contributed by atoms with Crippen LogP contribution in [0, 0.1) is 0 Å². The smallest absolute Gasteiger partial charge is 0.154 e. The van der Waals surface area contributed by atoms with Crippen LogP contribution in [0.3, 0.4) is 0 Å². The Morgan fingerprint density at radius 2 is 2.00 bits per heavy atom. The molecule has 0 radical (unpaired) electrons. The first-order valence-electron chi connectivity index (χ1n) is 4.55. The van der Waals surface area contributed by atoms with Crippen LogP contribution in [0.5, 0.6) is 0 Å². The summed E-state index contributed by atoms with van der Waals surface area (Å²) in [6.45, 7) is 0. The van der Waals surface area contributed by atoms with E-state index in [1.807, 2.05) is 30.3 Å². The molecule has 0 aliphatic heterocycles. The maximum Gasteiger partial charge on any atom is 0.154 e. The Balaban J connectivity index is 2.46. The summed E-state index contributed by atoms with van der Waals surface area (Å²) in [7, 11) is 0. The standard InChI is InChI=1S/C11H10N2O2/c14-8-11(15)10-6-7-12-13(10)9-4-2-1-3-5-9/h1-8,11,15H. The van der Waals surface area contributed by atoms with Crippen molar-refractivity contribution in [2.45, 2.75) is 6.10 Å². The van der Waals surface area contributed by atoms with Crippen LogP contribution in [0.1, 0.15) is 11.8 Å². The molecule has 4 nitrogen and oxygen atoms in total. The van der Waals surface area contributed by atoms with Crippen molar-refractivity contribution in [1.82, 2.24) is 9.78 Å². The minimum atomic E-state index is -1.13. The van der Waals surface area contributed by atoms with Crippen molar-refractivity contribution in [3.8, 4) is 5.69 Å². The summed E-state index contributed by atoms with van der Waals surface area (Å²) < 4.78 is 1.54. The number of nitrogens with zero attached hydrogens (tertiary/aromatic N) is 2. The normalized spacial score (nSPS) is 12.3. The zero-order valence-corrected chi connectivity index (χ0v) is 7.95. The Bertz CT molecular complexity index is 451. The van der Waals surface area contributed by atoms with Gasteiger partial charge in [-0.2, -0.15) is 5.10 Å². The van der Waals surface area contributed by atoms with Gasteiger partial charge in [-0.3, -0.25) is 0 Å². The van der Waals surface area contributed by atoms with E-state index in [2.05, 4.69) is 5.10 Å². The highest BCUT2D eigenvalue weighted by molar-refractivity contribution is 5.58. The molecule has 0 saturated carbocycles. The number of aldehydes is 1. The number of hydrogen-bond acceptors (Lipinski definition) is 3. The summed E-state index contributed by atoms with van der Waals surface area (Å²) in [5, 5.41) is 13.5. The van der Waals surface area contributed by atoms with E-state index in [9.17, 15) is 9.90 Å². The molecule has 2 aromatic rings. The van der Waals surface area contributed by atoms with Crippen LogP contribution >= 0.6 is 0 Å². The molecular formula is C11H10N2O2. The molecule has 76 valence electrons. The van der Waals surface area contributed by atoms with E-state index < -0.39 is 6.10 Å². The molecule has 0 amide bonds. The Kier molecular flexibility index (Phi) is 2.60. The van der Waals surface area contributed by atoms with Gasteiger partial charge in [0.1, 0.15) is 0 Å². The molecule has 1 unspecified atom stereocenters. The van der Waals surface area contributed by atoms with Gasteiger partial charge in [-0.15, -0.1) is 0 Å². The lowest BCUT2D eigenvalue weighted by Crippen LogP contribution is -2.07. The van der Waals surface area contributed by atoms with Crippen molar-refractivity contribution in [2.24, 2.45) is 0 Å². The summed E-state index contributed by atoms with van der Waals surface area (Å²) in [4.78, 5) is 10.5. The molecule has 1 heterocycles. The van der Waals surface area contributed by atoms with Crippen molar-refractivity contribution in [2.75, 3.05) is 0 Å². The SMILES string of the molecule is O=CC(O)c1ccnn1-c1ccccc1.